The van der Waals surface area contributed by atoms with Crippen molar-refractivity contribution in [3.05, 3.63) is 23.0 Å². The van der Waals surface area contributed by atoms with E-state index in [0.29, 0.717) is 5.56 Å². The number of anilines is 1. The fourth-order valence-electron chi connectivity index (χ4n) is 1.53. The molecule has 0 fully saturated rings. The van der Waals surface area contributed by atoms with E-state index in [0.717, 1.165) is 6.20 Å². The molecule has 0 radical (unpaired) electrons. The molecule has 1 aromatic heterocycles. The number of halogens is 3. The summed E-state index contributed by atoms with van der Waals surface area (Å²) in [6, 6.07) is 0. The van der Waals surface area contributed by atoms with Gasteiger partial charge in [0.1, 0.15) is 11.3 Å². The topological polar surface area (TPSA) is 51.2 Å². The maximum Gasteiger partial charge on any atom is 0.433 e. The van der Waals surface area contributed by atoms with Gasteiger partial charge in [0.15, 0.2) is 0 Å². The summed E-state index contributed by atoms with van der Waals surface area (Å²) in [5, 5.41) is 2.40. The van der Waals surface area contributed by atoms with Crippen molar-refractivity contribution in [2.24, 2.45) is 0 Å². The number of carbonyl (C=O) groups is 1. The maximum atomic E-state index is 12.7. The van der Waals surface area contributed by atoms with Crippen LogP contribution >= 0.6 is 0 Å². The molecule has 0 saturated carbocycles. The van der Waals surface area contributed by atoms with Crippen molar-refractivity contribution in [1.29, 1.82) is 0 Å². The number of rotatable bonds is 1. The molecule has 4 nitrogen and oxygen atoms in total. The standard InChI is InChI=1S/C13H17F3N2O2.2C2H6/c1-7-8(2)10(13(14,15)16)17-6-9(7)18-11(19)20-12(3,4)5;2*1-2/h6H,1-5H3,(H,18,19);2*1-2H3. The Bertz CT molecular complexity index is 522. The first-order chi connectivity index (χ1) is 10.9. The predicted octanol–water partition coefficient (Wildman–Crippen LogP) is 6.12. The molecule has 0 aliphatic heterocycles. The van der Waals surface area contributed by atoms with Gasteiger partial charge in [-0.15, -0.1) is 0 Å². The minimum Gasteiger partial charge on any atom is -0.444 e. The smallest absolute Gasteiger partial charge is 0.433 e. The number of aromatic nitrogens is 1. The molecule has 1 aromatic rings. The lowest BCUT2D eigenvalue weighted by Gasteiger charge is -2.20. The van der Waals surface area contributed by atoms with E-state index in [2.05, 4.69) is 10.3 Å². The molecule has 1 rings (SSSR count). The van der Waals surface area contributed by atoms with Gasteiger partial charge in [0.25, 0.3) is 0 Å². The molecule has 0 aromatic carbocycles. The van der Waals surface area contributed by atoms with Crippen molar-refractivity contribution in [3.8, 4) is 0 Å². The number of carbonyl (C=O) groups excluding carboxylic acids is 1. The Balaban J connectivity index is 0. The zero-order valence-corrected chi connectivity index (χ0v) is 16.0. The van der Waals surface area contributed by atoms with Gasteiger partial charge in [-0.2, -0.15) is 13.2 Å². The molecule has 0 unspecified atom stereocenters. The van der Waals surface area contributed by atoms with Crippen LogP contribution in [-0.4, -0.2) is 16.7 Å². The summed E-state index contributed by atoms with van der Waals surface area (Å²) >= 11 is 0. The highest BCUT2D eigenvalue weighted by atomic mass is 19.4. The third kappa shape index (κ3) is 8.17. The highest BCUT2D eigenvalue weighted by molar-refractivity contribution is 5.86. The van der Waals surface area contributed by atoms with Gasteiger partial charge in [-0.25, -0.2) is 9.78 Å². The Morgan fingerprint density at radius 1 is 1.04 bits per heavy atom. The number of nitrogens with one attached hydrogen (secondary N) is 1. The molecule has 0 spiro atoms. The second-order valence-electron chi connectivity index (χ2n) is 5.40. The van der Waals surface area contributed by atoms with E-state index in [1.54, 1.807) is 20.8 Å². The van der Waals surface area contributed by atoms with Crippen molar-refractivity contribution in [3.63, 3.8) is 0 Å². The van der Waals surface area contributed by atoms with Gasteiger partial charge in [0.2, 0.25) is 0 Å². The fraction of sp³-hybridized carbons (Fsp3) is 0.647. The van der Waals surface area contributed by atoms with Gasteiger partial charge < -0.3 is 4.74 Å². The molecule has 7 heteroatoms. The molecule has 0 saturated heterocycles. The molecule has 1 N–H and O–H groups in total. The average Bonchev–Trinajstić information content (AvgIpc) is 2.45. The summed E-state index contributed by atoms with van der Waals surface area (Å²) in [6.07, 6.45) is -4.27. The molecular formula is C17H29F3N2O2. The van der Waals surface area contributed by atoms with E-state index in [4.69, 9.17) is 4.74 Å². The molecule has 0 aliphatic rings. The van der Waals surface area contributed by atoms with Crippen LogP contribution in [-0.2, 0) is 10.9 Å². The summed E-state index contributed by atoms with van der Waals surface area (Å²) in [5.41, 5.74) is -1.16. The predicted molar refractivity (Wildman–Crippen MR) is 91.3 cm³/mol. The first-order valence-corrected chi connectivity index (χ1v) is 7.95. The minimum atomic E-state index is -4.51. The van der Waals surface area contributed by atoms with Crippen LogP contribution in [0.3, 0.4) is 0 Å². The molecule has 1 amide bonds. The minimum absolute atomic E-state index is 0.0222. The monoisotopic (exact) mass is 350 g/mol. The number of alkyl halides is 3. The van der Waals surface area contributed by atoms with Crippen molar-refractivity contribution in [2.75, 3.05) is 5.32 Å². The van der Waals surface area contributed by atoms with Crippen LogP contribution in [0.1, 0.15) is 65.3 Å². The number of ether oxygens (including phenoxy) is 1. The Morgan fingerprint density at radius 3 is 1.88 bits per heavy atom. The molecule has 24 heavy (non-hydrogen) atoms. The van der Waals surface area contributed by atoms with Crippen LogP contribution in [0.4, 0.5) is 23.7 Å². The number of hydrogen-bond donors (Lipinski definition) is 1. The lowest BCUT2D eigenvalue weighted by molar-refractivity contribution is -0.141. The lowest BCUT2D eigenvalue weighted by atomic mass is 10.1. The summed E-state index contributed by atoms with van der Waals surface area (Å²) in [7, 11) is 0. The van der Waals surface area contributed by atoms with Gasteiger partial charge in [-0.05, 0) is 45.7 Å². The summed E-state index contributed by atoms with van der Waals surface area (Å²) in [4.78, 5) is 15.0. The van der Waals surface area contributed by atoms with E-state index in [9.17, 15) is 18.0 Å². The van der Waals surface area contributed by atoms with Crippen LogP contribution in [0.2, 0.25) is 0 Å². The third-order valence-corrected chi connectivity index (χ3v) is 2.55. The first-order valence-electron chi connectivity index (χ1n) is 7.95. The Morgan fingerprint density at radius 2 is 1.50 bits per heavy atom. The Labute approximate surface area is 142 Å². The van der Waals surface area contributed by atoms with Crippen LogP contribution in [0, 0.1) is 13.8 Å². The average molecular weight is 350 g/mol. The van der Waals surface area contributed by atoms with Crippen molar-refractivity contribution in [2.45, 2.75) is 74.1 Å². The molecule has 1 heterocycles. The highest BCUT2D eigenvalue weighted by Gasteiger charge is 2.35. The van der Waals surface area contributed by atoms with Gasteiger partial charge in [-0.1, -0.05) is 27.7 Å². The van der Waals surface area contributed by atoms with Crippen LogP contribution < -0.4 is 5.32 Å². The first kappa shape index (κ1) is 24.5. The van der Waals surface area contributed by atoms with Gasteiger partial charge in [-0.3, -0.25) is 5.32 Å². The largest absolute Gasteiger partial charge is 0.444 e. The SMILES string of the molecule is CC.CC.Cc1c(NC(=O)OC(C)(C)C)cnc(C(F)(F)F)c1C. The summed E-state index contributed by atoms with van der Waals surface area (Å²) < 4.78 is 43.0. The number of nitrogens with zero attached hydrogens (tertiary/aromatic N) is 1. The number of hydrogen-bond acceptors (Lipinski definition) is 3. The normalized spacial score (nSPS) is 10.7. The molecule has 0 bridgehead atoms. The molecular weight excluding hydrogens is 321 g/mol. The van der Waals surface area contributed by atoms with Crippen molar-refractivity contribution >= 4 is 11.8 Å². The summed E-state index contributed by atoms with van der Waals surface area (Å²) in [5.74, 6) is 0. The fourth-order valence-corrected chi connectivity index (χ4v) is 1.53. The van der Waals surface area contributed by atoms with Crippen molar-refractivity contribution in [1.82, 2.24) is 4.98 Å². The van der Waals surface area contributed by atoms with Crippen LogP contribution in [0.15, 0.2) is 6.20 Å². The van der Waals surface area contributed by atoms with E-state index < -0.39 is 23.6 Å². The Hall–Kier alpha value is -1.79. The second kappa shape index (κ2) is 10.2. The third-order valence-electron chi connectivity index (χ3n) is 2.55. The number of amides is 1. The Kier molecular flexibility index (Phi) is 10.3. The van der Waals surface area contributed by atoms with E-state index in [1.165, 1.54) is 13.8 Å². The molecule has 0 atom stereocenters. The zero-order chi connectivity index (χ0) is 19.7. The maximum absolute atomic E-state index is 12.7. The quantitative estimate of drug-likeness (QED) is 0.664. The van der Waals surface area contributed by atoms with E-state index in [1.807, 2.05) is 27.7 Å². The molecule has 0 aliphatic carbocycles. The van der Waals surface area contributed by atoms with E-state index >= 15 is 0 Å². The lowest BCUT2D eigenvalue weighted by Crippen LogP contribution is -2.27. The summed E-state index contributed by atoms with van der Waals surface area (Å²) in [6.45, 7) is 15.9. The van der Waals surface area contributed by atoms with Crippen molar-refractivity contribution < 1.29 is 22.7 Å². The van der Waals surface area contributed by atoms with Gasteiger partial charge in [0.05, 0.1) is 11.9 Å². The zero-order valence-electron chi connectivity index (χ0n) is 16.0. The van der Waals surface area contributed by atoms with Crippen LogP contribution in [0.5, 0.6) is 0 Å². The second-order valence-corrected chi connectivity index (χ2v) is 5.40. The van der Waals surface area contributed by atoms with E-state index in [-0.39, 0.29) is 11.3 Å². The van der Waals surface area contributed by atoms with Gasteiger partial charge in [0, 0.05) is 0 Å². The molecule has 140 valence electrons. The van der Waals surface area contributed by atoms with Gasteiger partial charge >= 0.3 is 12.3 Å². The van der Waals surface area contributed by atoms with Crippen LogP contribution in [0.25, 0.3) is 0 Å². The number of pyridine rings is 1. The highest BCUT2D eigenvalue weighted by Crippen LogP contribution is 2.33.